The van der Waals surface area contributed by atoms with Gasteiger partial charge in [-0.2, -0.15) is 0 Å². The highest BCUT2D eigenvalue weighted by molar-refractivity contribution is 6.31. The Bertz CT molecular complexity index is 777. The van der Waals surface area contributed by atoms with Crippen molar-refractivity contribution in [1.29, 1.82) is 0 Å². The van der Waals surface area contributed by atoms with Crippen LogP contribution in [0.5, 0.6) is 0 Å². The summed E-state index contributed by atoms with van der Waals surface area (Å²) in [7, 11) is 0. The number of nitrogens with one attached hydrogen (secondary N) is 1. The molecule has 0 aliphatic heterocycles. The first-order valence-corrected chi connectivity index (χ1v) is 7.69. The Morgan fingerprint density at radius 3 is 2.54 bits per heavy atom. The third kappa shape index (κ3) is 4.80. The molecule has 0 spiro atoms. The van der Waals surface area contributed by atoms with Gasteiger partial charge in [-0.25, -0.2) is 9.18 Å². The maximum absolute atomic E-state index is 13.0. The molecule has 24 heavy (non-hydrogen) atoms. The van der Waals surface area contributed by atoms with Crippen LogP contribution in [0.2, 0.25) is 5.02 Å². The van der Waals surface area contributed by atoms with Crippen LogP contribution in [0.15, 0.2) is 36.4 Å². The van der Waals surface area contributed by atoms with Crippen LogP contribution in [-0.4, -0.2) is 18.5 Å². The Hall–Kier alpha value is -2.40. The molecule has 0 saturated heterocycles. The summed E-state index contributed by atoms with van der Waals surface area (Å²) >= 11 is 5.60. The molecular weight excluding hydrogens is 333 g/mol. The number of aryl methyl sites for hydroxylation is 2. The average Bonchev–Trinajstić information content (AvgIpc) is 2.56. The second-order valence-electron chi connectivity index (χ2n) is 5.40. The van der Waals surface area contributed by atoms with Crippen molar-refractivity contribution in [3.8, 4) is 0 Å². The number of halogens is 2. The zero-order valence-electron chi connectivity index (χ0n) is 13.4. The van der Waals surface area contributed by atoms with Crippen molar-refractivity contribution in [3.63, 3.8) is 0 Å². The second-order valence-corrected chi connectivity index (χ2v) is 5.81. The van der Waals surface area contributed by atoms with Gasteiger partial charge in [-0.3, -0.25) is 4.79 Å². The van der Waals surface area contributed by atoms with Gasteiger partial charge < -0.3 is 10.1 Å². The van der Waals surface area contributed by atoms with E-state index in [9.17, 15) is 14.0 Å². The maximum atomic E-state index is 13.0. The summed E-state index contributed by atoms with van der Waals surface area (Å²) < 4.78 is 17.9. The number of rotatable bonds is 5. The Balaban J connectivity index is 1.83. The average molecular weight is 350 g/mol. The molecule has 0 heterocycles. The third-order valence-corrected chi connectivity index (χ3v) is 3.84. The molecular formula is C18H17ClFNO3. The molecule has 0 atom stereocenters. The van der Waals surface area contributed by atoms with Crippen LogP contribution < -0.4 is 5.32 Å². The quantitative estimate of drug-likeness (QED) is 0.839. The molecule has 0 fully saturated rings. The minimum atomic E-state index is -0.738. The Morgan fingerprint density at radius 2 is 1.88 bits per heavy atom. The molecule has 126 valence electrons. The number of hydrogen-bond donors (Lipinski definition) is 1. The summed E-state index contributed by atoms with van der Waals surface area (Å²) in [6.07, 6.45) is 0. The summed E-state index contributed by atoms with van der Waals surface area (Å²) in [5, 5.41) is 2.49. The number of hydrogen-bond acceptors (Lipinski definition) is 3. The van der Waals surface area contributed by atoms with E-state index in [-0.39, 0.29) is 10.6 Å². The molecule has 0 saturated carbocycles. The van der Waals surface area contributed by atoms with Crippen molar-refractivity contribution in [2.24, 2.45) is 0 Å². The van der Waals surface area contributed by atoms with Gasteiger partial charge >= 0.3 is 5.97 Å². The van der Waals surface area contributed by atoms with Crippen molar-refractivity contribution in [2.45, 2.75) is 20.4 Å². The van der Waals surface area contributed by atoms with Gasteiger partial charge in [0.1, 0.15) is 5.82 Å². The monoisotopic (exact) mass is 349 g/mol. The van der Waals surface area contributed by atoms with Crippen LogP contribution in [-0.2, 0) is 16.1 Å². The Labute approximate surface area is 144 Å². The smallest absolute Gasteiger partial charge is 0.338 e. The number of carbonyl (C=O) groups is 2. The summed E-state index contributed by atoms with van der Waals surface area (Å²) in [5.74, 6) is -1.78. The van der Waals surface area contributed by atoms with E-state index in [1.807, 2.05) is 32.0 Å². The van der Waals surface area contributed by atoms with Gasteiger partial charge in [0.25, 0.3) is 5.91 Å². The largest absolute Gasteiger partial charge is 0.452 e. The number of carbonyl (C=O) groups excluding carboxylic acids is 2. The van der Waals surface area contributed by atoms with Gasteiger partial charge in [-0.1, -0.05) is 29.8 Å². The predicted octanol–water partition coefficient (Wildman–Crippen LogP) is 3.57. The van der Waals surface area contributed by atoms with E-state index in [2.05, 4.69) is 5.32 Å². The lowest BCUT2D eigenvalue weighted by Gasteiger charge is -2.08. The highest BCUT2D eigenvalue weighted by Gasteiger charge is 2.12. The third-order valence-electron chi connectivity index (χ3n) is 3.55. The molecule has 1 N–H and O–H groups in total. The van der Waals surface area contributed by atoms with Gasteiger partial charge in [0, 0.05) is 6.54 Å². The van der Waals surface area contributed by atoms with Crippen LogP contribution in [0.4, 0.5) is 4.39 Å². The molecule has 0 radical (unpaired) electrons. The minimum absolute atomic E-state index is 0.0864. The van der Waals surface area contributed by atoms with Crippen molar-refractivity contribution >= 4 is 23.5 Å². The van der Waals surface area contributed by atoms with Crippen LogP contribution >= 0.6 is 11.6 Å². The zero-order valence-corrected chi connectivity index (χ0v) is 14.1. The van der Waals surface area contributed by atoms with E-state index < -0.39 is 24.3 Å². The van der Waals surface area contributed by atoms with Gasteiger partial charge in [-0.05, 0) is 48.7 Å². The van der Waals surface area contributed by atoms with E-state index >= 15 is 0 Å². The first-order valence-electron chi connectivity index (χ1n) is 7.32. The molecule has 0 aromatic heterocycles. The van der Waals surface area contributed by atoms with Gasteiger partial charge in [0.2, 0.25) is 0 Å². The summed E-state index contributed by atoms with van der Waals surface area (Å²) in [5.41, 5.74) is 3.37. The van der Waals surface area contributed by atoms with Crippen LogP contribution in [0.25, 0.3) is 0 Å². The number of amides is 1. The molecule has 0 aliphatic rings. The SMILES string of the molecule is Cc1ccc(CNC(=O)COC(=O)c2ccc(F)c(Cl)c2)cc1C. The Kier molecular flexibility index (Phi) is 5.93. The first-order chi connectivity index (χ1) is 11.4. The van der Waals surface area contributed by atoms with Crippen molar-refractivity contribution in [2.75, 3.05) is 6.61 Å². The second kappa shape index (κ2) is 7.93. The van der Waals surface area contributed by atoms with Crippen molar-refractivity contribution in [1.82, 2.24) is 5.32 Å². The topological polar surface area (TPSA) is 55.4 Å². The standard InChI is InChI=1S/C18H17ClFNO3/c1-11-3-4-13(7-12(11)2)9-21-17(22)10-24-18(23)14-5-6-16(20)15(19)8-14/h3-8H,9-10H2,1-2H3,(H,21,22). The molecule has 1 amide bonds. The summed E-state index contributed by atoms with van der Waals surface area (Å²) in [4.78, 5) is 23.5. The molecule has 2 aromatic carbocycles. The minimum Gasteiger partial charge on any atom is -0.452 e. The van der Waals surface area contributed by atoms with Crippen LogP contribution in [0.3, 0.4) is 0 Å². The molecule has 2 rings (SSSR count). The molecule has 0 unspecified atom stereocenters. The fraction of sp³-hybridized carbons (Fsp3) is 0.222. The van der Waals surface area contributed by atoms with E-state index in [4.69, 9.17) is 16.3 Å². The summed E-state index contributed by atoms with van der Waals surface area (Å²) in [6, 6.07) is 9.37. The fourth-order valence-corrected chi connectivity index (χ4v) is 2.18. The number of ether oxygens (including phenoxy) is 1. The van der Waals surface area contributed by atoms with E-state index in [0.717, 1.165) is 23.3 Å². The Morgan fingerprint density at radius 1 is 1.12 bits per heavy atom. The molecule has 4 nitrogen and oxygen atoms in total. The van der Waals surface area contributed by atoms with Gasteiger partial charge in [0.05, 0.1) is 10.6 Å². The lowest BCUT2D eigenvalue weighted by atomic mass is 10.1. The normalized spacial score (nSPS) is 10.3. The van der Waals surface area contributed by atoms with Crippen molar-refractivity contribution in [3.05, 3.63) is 69.5 Å². The molecule has 0 aliphatic carbocycles. The molecule has 0 bridgehead atoms. The highest BCUT2D eigenvalue weighted by atomic mass is 35.5. The van der Waals surface area contributed by atoms with Crippen molar-refractivity contribution < 1.29 is 18.7 Å². The van der Waals surface area contributed by atoms with Crippen LogP contribution in [0, 0.1) is 19.7 Å². The predicted molar refractivity (Wildman–Crippen MR) is 89.5 cm³/mol. The zero-order chi connectivity index (χ0) is 17.7. The first kappa shape index (κ1) is 17.9. The summed E-state index contributed by atoms with van der Waals surface area (Å²) in [6.45, 7) is 3.94. The molecule has 6 heteroatoms. The fourth-order valence-electron chi connectivity index (χ4n) is 2.00. The maximum Gasteiger partial charge on any atom is 0.338 e. The van der Waals surface area contributed by atoms with Gasteiger partial charge in [-0.15, -0.1) is 0 Å². The van der Waals surface area contributed by atoms with E-state index in [1.54, 1.807) is 0 Å². The van der Waals surface area contributed by atoms with Crippen LogP contribution in [0.1, 0.15) is 27.0 Å². The van der Waals surface area contributed by atoms with E-state index in [1.165, 1.54) is 11.6 Å². The van der Waals surface area contributed by atoms with Gasteiger partial charge in [0.15, 0.2) is 6.61 Å². The van der Waals surface area contributed by atoms with E-state index in [0.29, 0.717) is 6.54 Å². The number of esters is 1. The lowest BCUT2D eigenvalue weighted by Crippen LogP contribution is -2.28. The highest BCUT2D eigenvalue weighted by Crippen LogP contribution is 2.16. The lowest BCUT2D eigenvalue weighted by molar-refractivity contribution is -0.124. The number of benzene rings is 2. The molecule has 2 aromatic rings.